The molecule has 1 aromatic rings. The highest BCUT2D eigenvalue weighted by Gasteiger charge is 2.41. The Labute approximate surface area is 108 Å². The van der Waals surface area contributed by atoms with Crippen LogP contribution in [0.2, 0.25) is 0 Å². The van der Waals surface area contributed by atoms with Crippen LogP contribution in [-0.2, 0) is 6.54 Å². The van der Waals surface area contributed by atoms with Gasteiger partial charge < -0.3 is 5.32 Å². The molecule has 3 unspecified atom stereocenters. The van der Waals surface area contributed by atoms with E-state index in [9.17, 15) is 0 Å². The van der Waals surface area contributed by atoms with Crippen molar-refractivity contribution in [1.82, 2.24) is 10.2 Å². The van der Waals surface area contributed by atoms with E-state index in [-0.39, 0.29) is 0 Å². The van der Waals surface area contributed by atoms with Crippen molar-refractivity contribution in [3.05, 3.63) is 35.4 Å². The van der Waals surface area contributed by atoms with E-state index in [1.807, 2.05) is 18.2 Å². The summed E-state index contributed by atoms with van der Waals surface area (Å²) in [5.41, 5.74) is 1.99. The predicted octanol–water partition coefficient (Wildman–Crippen LogP) is 1.60. The Morgan fingerprint density at radius 3 is 3.00 bits per heavy atom. The molecule has 2 heterocycles. The van der Waals surface area contributed by atoms with Crippen LogP contribution >= 0.6 is 0 Å². The molecule has 0 aromatic heterocycles. The van der Waals surface area contributed by atoms with Gasteiger partial charge in [0.25, 0.3) is 0 Å². The van der Waals surface area contributed by atoms with Crippen molar-refractivity contribution in [2.45, 2.75) is 19.5 Å². The van der Waals surface area contributed by atoms with E-state index in [1.54, 1.807) is 0 Å². The van der Waals surface area contributed by atoms with Crippen LogP contribution in [0.3, 0.4) is 0 Å². The Morgan fingerprint density at radius 2 is 2.22 bits per heavy atom. The van der Waals surface area contributed by atoms with Gasteiger partial charge in [-0.15, -0.1) is 0 Å². The first kappa shape index (κ1) is 11.7. The molecule has 3 rings (SSSR count). The number of hydrogen-bond acceptors (Lipinski definition) is 3. The van der Waals surface area contributed by atoms with E-state index in [2.05, 4.69) is 29.3 Å². The molecule has 94 valence electrons. The molecule has 0 saturated carbocycles. The standard InChI is InChI=1S/C15H19N3/c1-11-15-8-17-7-14(15)10-18(11)9-13-5-3-2-4-12(13)6-16/h2-5,11,14-15,17H,7-10H2,1H3. The fourth-order valence-electron chi connectivity index (χ4n) is 3.45. The molecule has 2 fully saturated rings. The van der Waals surface area contributed by atoms with Gasteiger partial charge in [0, 0.05) is 19.1 Å². The van der Waals surface area contributed by atoms with Crippen LogP contribution in [0.4, 0.5) is 0 Å². The molecule has 3 heteroatoms. The maximum atomic E-state index is 9.14. The van der Waals surface area contributed by atoms with E-state index in [4.69, 9.17) is 5.26 Å². The quantitative estimate of drug-likeness (QED) is 0.855. The molecular weight excluding hydrogens is 222 g/mol. The Hall–Kier alpha value is -1.37. The molecule has 3 nitrogen and oxygen atoms in total. The number of benzene rings is 1. The first-order valence-corrected chi connectivity index (χ1v) is 6.72. The zero-order valence-electron chi connectivity index (χ0n) is 10.8. The Kier molecular flexibility index (Phi) is 3.07. The van der Waals surface area contributed by atoms with Crippen LogP contribution in [0.15, 0.2) is 24.3 Å². The number of rotatable bonds is 2. The third-order valence-corrected chi connectivity index (χ3v) is 4.57. The van der Waals surface area contributed by atoms with Crippen molar-refractivity contribution >= 4 is 0 Å². The first-order chi connectivity index (χ1) is 8.79. The van der Waals surface area contributed by atoms with Crippen molar-refractivity contribution in [2.75, 3.05) is 19.6 Å². The van der Waals surface area contributed by atoms with Gasteiger partial charge in [0.05, 0.1) is 11.6 Å². The van der Waals surface area contributed by atoms with Crippen molar-refractivity contribution in [2.24, 2.45) is 11.8 Å². The van der Waals surface area contributed by atoms with Crippen LogP contribution in [0.25, 0.3) is 0 Å². The topological polar surface area (TPSA) is 39.1 Å². The predicted molar refractivity (Wildman–Crippen MR) is 70.9 cm³/mol. The van der Waals surface area contributed by atoms with Gasteiger partial charge in [0.1, 0.15) is 0 Å². The van der Waals surface area contributed by atoms with E-state index in [1.165, 1.54) is 12.1 Å². The third kappa shape index (κ3) is 1.92. The summed E-state index contributed by atoms with van der Waals surface area (Å²) in [4.78, 5) is 2.53. The smallest absolute Gasteiger partial charge is 0.0995 e. The van der Waals surface area contributed by atoms with Gasteiger partial charge in [-0.2, -0.15) is 5.26 Å². The summed E-state index contributed by atoms with van der Waals surface area (Å²) in [7, 11) is 0. The highest BCUT2D eigenvalue weighted by molar-refractivity contribution is 5.37. The average Bonchev–Trinajstić information content (AvgIpc) is 2.95. The van der Waals surface area contributed by atoms with Gasteiger partial charge >= 0.3 is 0 Å². The number of likely N-dealkylation sites (tertiary alicyclic amines) is 1. The number of nitrogens with one attached hydrogen (secondary N) is 1. The Bertz CT molecular complexity index is 477. The van der Waals surface area contributed by atoms with Gasteiger partial charge in [-0.1, -0.05) is 18.2 Å². The lowest BCUT2D eigenvalue weighted by molar-refractivity contribution is 0.231. The lowest BCUT2D eigenvalue weighted by Crippen LogP contribution is -2.32. The molecule has 1 N–H and O–H groups in total. The van der Waals surface area contributed by atoms with Crippen LogP contribution in [0.1, 0.15) is 18.1 Å². The summed E-state index contributed by atoms with van der Waals surface area (Å²) in [6.07, 6.45) is 0. The summed E-state index contributed by atoms with van der Waals surface area (Å²) in [5, 5.41) is 12.6. The monoisotopic (exact) mass is 241 g/mol. The summed E-state index contributed by atoms with van der Waals surface area (Å²) in [5.74, 6) is 1.59. The molecule has 2 aliphatic heterocycles. The van der Waals surface area contributed by atoms with Crippen LogP contribution in [0, 0.1) is 23.2 Å². The minimum Gasteiger partial charge on any atom is -0.316 e. The second-order valence-corrected chi connectivity index (χ2v) is 5.52. The molecular formula is C15H19N3. The second kappa shape index (κ2) is 4.72. The maximum absolute atomic E-state index is 9.14. The molecule has 1 aromatic carbocycles. The summed E-state index contributed by atoms with van der Waals surface area (Å²) in [6, 6.07) is 10.9. The molecule has 0 aliphatic carbocycles. The van der Waals surface area contributed by atoms with Crippen molar-refractivity contribution < 1.29 is 0 Å². The Balaban J connectivity index is 1.76. The first-order valence-electron chi connectivity index (χ1n) is 6.72. The number of hydrogen-bond donors (Lipinski definition) is 1. The lowest BCUT2D eigenvalue weighted by Gasteiger charge is -2.24. The van der Waals surface area contributed by atoms with E-state index in [0.717, 1.165) is 37.0 Å². The number of fused-ring (bicyclic) bond motifs is 1. The third-order valence-electron chi connectivity index (χ3n) is 4.57. The molecule has 2 aliphatic rings. The average molecular weight is 241 g/mol. The highest BCUT2D eigenvalue weighted by Crippen LogP contribution is 2.33. The van der Waals surface area contributed by atoms with Crippen LogP contribution in [0.5, 0.6) is 0 Å². The van der Waals surface area contributed by atoms with Crippen LogP contribution < -0.4 is 5.32 Å². The molecule has 0 radical (unpaired) electrons. The highest BCUT2D eigenvalue weighted by atomic mass is 15.2. The maximum Gasteiger partial charge on any atom is 0.0995 e. The van der Waals surface area contributed by atoms with Gasteiger partial charge in [0.2, 0.25) is 0 Å². The minimum absolute atomic E-state index is 0.622. The van der Waals surface area contributed by atoms with Gasteiger partial charge in [-0.3, -0.25) is 4.90 Å². The Morgan fingerprint density at radius 1 is 1.39 bits per heavy atom. The second-order valence-electron chi connectivity index (χ2n) is 5.52. The van der Waals surface area contributed by atoms with Crippen molar-refractivity contribution in [1.29, 1.82) is 5.26 Å². The fraction of sp³-hybridized carbons (Fsp3) is 0.533. The largest absolute Gasteiger partial charge is 0.316 e. The van der Waals surface area contributed by atoms with E-state index >= 15 is 0 Å². The summed E-state index contributed by atoms with van der Waals surface area (Å²) < 4.78 is 0. The van der Waals surface area contributed by atoms with Crippen molar-refractivity contribution in [3.63, 3.8) is 0 Å². The van der Waals surface area contributed by atoms with E-state index in [0.29, 0.717) is 6.04 Å². The minimum atomic E-state index is 0.622. The molecule has 0 amide bonds. The summed E-state index contributed by atoms with van der Waals surface area (Å²) >= 11 is 0. The zero-order valence-corrected chi connectivity index (χ0v) is 10.8. The van der Waals surface area contributed by atoms with Gasteiger partial charge in [0.15, 0.2) is 0 Å². The lowest BCUT2D eigenvalue weighted by atomic mass is 9.95. The summed E-state index contributed by atoms with van der Waals surface area (Å²) in [6.45, 7) is 6.72. The number of nitrogens with zero attached hydrogens (tertiary/aromatic N) is 2. The van der Waals surface area contributed by atoms with Crippen molar-refractivity contribution in [3.8, 4) is 6.07 Å². The van der Waals surface area contributed by atoms with Gasteiger partial charge in [-0.05, 0) is 43.5 Å². The molecule has 3 atom stereocenters. The van der Waals surface area contributed by atoms with Gasteiger partial charge in [-0.25, -0.2) is 0 Å². The number of nitriles is 1. The fourth-order valence-corrected chi connectivity index (χ4v) is 3.45. The van der Waals surface area contributed by atoms with Crippen LogP contribution in [-0.4, -0.2) is 30.6 Å². The molecule has 2 saturated heterocycles. The normalized spacial score (nSPS) is 31.2. The molecule has 0 spiro atoms. The molecule has 18 heavy (non-hydrogen) atoms. The zero-order chi connectivity index (χ0) is 12.5. The molecule has 0 bridgehead atoms. The van der Waals surface area contributed by atoms with E-state index < -0.39 is 0 Å². The SMILES string of the molecule is CC1C2CNCC2CN1Cc1ccccc1C#N.